The molecule has 0 aliphatic carbocycles. The molecule has 2 aromatic carbocycles. The molecule has 0 aliphatic heterocycles. The van der Waals surface area contributed by atoms with Crippen LogP contribution < -0.4 is 10.5 Å². The molecule has 0 bridgehead atoms. The summed E-state index contributed by atoms with van der Waals surface area (Å²) in [7, 11) is -3.66. The van der Waals surface area contributed by atoms with E-state index in [1.54, 1.807) is 49.4 Å². The summed E-state index contributed by atoms with van der Waals surface area (Å²) in [6.07, 6.45) is 0. The summed E-state index contributed by atoms with van der Waals surface area (Å²) >= 11 is 0. The van der Waals surface area contributed by atoms with E-state index in [9.17, 15) is 8.42 Å². The molecule has 0 heterocycles. The molecule has 2 aromatic rings. The minimum Gasteiger partial charge on any atom is -0.384 e. The number of anilines is 1. The number of rotatable bonds is 4. The molecule has 0 atom stereocenters. The van der Waals surface area contributed by atoms with Crippen LogP contribution in [-0.2, 0) is 10.0 Å². The molecule has 4 N–H and O–H groups in total. The van der Waals surface area contributed by atoms with Crippen LogP contribution >= 0.6 is 0 Å². The van der Waals surface area contributed by atoms with E-state index in [1.165, 1.54) is 0 Å². The maximum atomic E-state index is 12.4. The average molecular weight is 303 g/mol. The van der Waals surface area contributed by atoms with Gasteiger partial charge in [-0.05, 0) is 37.6 Å². The van der Waals surface area contributed by atoms with Gasteiger partial charge in [-0.25, -0.2) is 8.42 Å². The lowest BCUT2D eigenvalue weighted by molar-refractivity contribution is 0.601. The fourth-order valence-corrected chi connectivity index (χ4v) is 2.94. The molecule has 0 spiro atoms. The Morgan fingerprint density at radius 2 is 1.71 bits per heavy atom. The van der Waals surface area contributed by atoms with E-state index < -0.39 is 10.0 Å². The van der Waals surface area contributed by atoms with Gasteiger partial charge in [0.25, 0.3) is 10.0 Å². The summed E-state index contributed by atoms with van der Waals surface area (Å²) < 4.78 is 27.2. The third kappa shape index (κ3) is 3.41. The molecule has 21 heavy (non-hydrogen) atoms. The average Bonchev–Trinajstić information content (AvgIpc) is 2.41. The first-order valence-electron chi connectivity index (χ1n) is 6.34. The molecule has 0 aliphatic rings. The minimum absolute atomic E-state index is 0.106. The highest BCUT2D eigenvalue weighted by molar-refractivity contribution is 7.92. The van der Waals surface area contributed by atoms with Crippen molar-refractivity contribution in [3.8, 4) is 0 Å². The normalized spacial score (nSPS) is 11.1. The summed E-state index contributed by atoms with van der Waals surface area (Å²) in [5.41, 5.74) is 8.07. The van der Waals surface area contributed by atoms with Crippen LogP contribution in [-0.4, -0.2) is 14.3 Å². The van der Waals surface area contributed by atoms with Crippen LogP contribution in [0.1, 0.15) is 16.7 Å². The number of sulfonamides is 1. The highest BCUT2D eigenvalue weighted by atomic mass is 32.2. The van der Waals surface area contributed by atoms with Crippen molar-refractivity contribution in [2.75, 3.05) is 4.72 Å². The van der Waals surface area contributed by atoms with Crippen molar-refractivity contribution >= 4 is 21.5 Å². The topological polar surface area (TPSA) is 96.0 Å². The zero-order chi connectivity index (χ0) is 15.6. The second-order valence-corrected chi connectivity index (χ2v) is 6.54. The molecule has 0 amide bonds. The summed E-state index contributed by atoms with van der Waals surface area (Å²) in [5, 5.41) is 7.42. The second-order valence-electron chi connectivity index (χ2n) is 4.86. The lowest BCUT2D eigenvalue weighted by Crippen LogP contribution is -2.16. The molecule has 6 heteroatoms. The number of benzene rings is 2. The summed E-state index contributed by atoms with van der Waals surface area (Å²) in [4.78, 5) is 0.195. The van der Waals surface area contributed by atoms with Gasteiger partial charge in [0.05, 0.1) is 10.6 Å². The molecule has 0 saturated heterocycles. The number of hydrogen-bond donors (Lipinski definition) is 3. The first-order chi connectivity index (χ1) is 9.79. The van der Waals surface area contributed by atoms with Gasteiger partial charge in [-0.3, -0.25) is 10.1 Å². The molecular weight excluding hydrogens is 286 g/mol. The van der Waals surface area contributed by atoms with Gasteiger partial charge in [0.15, 0.2) is 0 Å². The van der Waals surface area contributed by atoms with Crippen molar-refractivity contribution in [2.24, 2.45) is 5.73 Å². The van der Waals surface area contributed by atoms with Crippen LogP contribution in [0.2, 0.25) is 0 Å². The van der Waals surface area contributed by atoms with E-state index in [4.69, 9.17) is 11.1 Å². The van der Waals surface area contributed by atoms with Gasteiger partial charge in [0, 0.05) is 5.56 Å². The molecule has 2 rings (SSSR count). The summed E-state index contributed by atoms with van der Waals surface area (Å²) in [5.74, 6) is -0.106. The third-order valence-electron chi connectivity index (χ3n) is 3.12. The molecule has 5 nitrogen and oxygen atoms in total. The Balaban J connectivity index is 2.38. The molecule has 0 unspecified atom stereocenters. The minimum atomic E-state index is -3.66. The van der Waals surface area contributed by atoms with Crippen molar-refractivity contribution in [1.29, 1.82) is 5.41 Å². The van der Waals surface area contributed by atoms with E-state index in [2.05, 4.69) is 4.72 Å². The van der Waals surface area contributed by atoms with Crippen LogP contribution in [0.15, 0.2) is 47.4 Å². The Morgan fingerprint density at radius 3 is 2.29 bits per heavy atom. The monoisotopic (exact) mass is 303 g/mol. The first kappa shape index (κ1) is 15.1. The van der Waals surface area contributed by atoms with Gasteiger partial charge in [0.2, 0.25) is 0 Å². The quantitative estimate of drug-likeness (QED) is 0.597. The van der Waals surface area contributed by atoms with Gasteiger partial charge in [-0.1, -0.05) is 29.8 Å². The molecule has 110 valence electrons. The van der Waals surface area contributed by atoms with Gasteiger partial charge in [0.1, 0.15) is 5.84 Å². The fourth-order valence-electron chi connectivity index (χ4n) is 1.82. The smallest absolute Gasteiger partial charge is 0.261 e. The van der Waals surface area contributed by atoms with Crippen molar-refractivity contribution in [1.82, 2.24) is 0 Å². The Kier molecular flexibility index (Phi) is 3.99. The Morgan fingerprint density at radius 1 is 1.10 bits per heavy atom. The van der Waals surface area contributed by atoms with E-state index in [0.29, 0.717) is 11.3 Å². The van der Waals surface area contributed by atoms with Crippen LogP contribution in [0.3, 0.4) is 0 Å². The van der Waals surface area contributed by atoms with Crippen LogP contribution in [0, 0.1) is 19.3 Å². The maximum absolute atomic E-state index is 12.4. The number of nitrogen functional groups attached to an aromatic ring is 1. The highest BCUT2D eigenvalue weighted by Crippen LogP contribution is 2.21. The van der Waals surface area contributed by atoms with Gasteiger partial charge in [-0.15, -0.1) is 0 Å². The number of aryl methyl sites for hydroxylation is 2. The lowest BCUT2D eigenvalue weighted by Gasteiger charge is -2.12. The highest BCUT2D eigenvalue weighted by Gasteiger charge is 2.15. The zero-order valence-electron chi connectivity index (χ0n) is 11.8. The summed E-state index contributed by atoms with van der Waals surface area (Å²) in [6.45, 7) is 3.68. The molecule has 0 aromatic heterocycles. The SMILES string of the molecule is Cc1ccc(S(=O)(=O)Nc2cc(C(=N)N)ccc2C)cc1. The van der Waals surface area contributed by atoms with Gasteiger partial charge >= 0.3 is 0 Å². The second kappa shape index (κ2) is 5.57. The van der Waals surface area contributed by atoms with Crippen molar-refractivity contribution in [2.45, 2.75) is 18.7 Å². The van der Waals surface area contributed by atoms with Crippen molar-refractivity contribution in [3.05, 3.63) is 59.2 Å². The van der Waals surface area contributed by atoms with Gasteiger partial charge < -0.3 is 5.73 Å². The number of hydrogen-bond acceptors (Lipinski definition) is 3. The van der Waals surface area contributed by atoms with E-state index in [1.807, 2.05) is 6.92 Å². The van der Waals surface area contributed by atoms with Crippen molar-refractivity contribution in [3.63, 3.8) is 0 Å². The molecular formula is C15H17N3O2S. The maximum Gasteiger partial charge on any atom is 0.261 e. The predicted molar refractivity (Wildman–Crippen MR) is 84.2 cm³/mol. The lowest BCUT2D eigenvalue weighted by atomic mass is 10.1. The zero-order valence-corrected chi connectivity index (χ0v) is 12.7. The summed E-state index contributed by atoms with van der Waals surface area (Å²) in [6, 6.07) is 11.6. The van der Waals surface area contributed by atoms with Crippen LogP contribution in [0.25, 0.3) is 0 Å². The van der Waals surface area contributed by atoms with Gasteiger partial charge in [-0.2, -0.15) is 0 Å². The largest absolute Gasteiger partial charge is 0.384 e. The third-order valence-corrected chi connectivity index (χ3v) is 4.51. The molecule has 0 fully saturated rings. The number of nitrogens with one attached hydrogen (secondary N) is 2. The van der Waals surface area contributed by atoms with Crippen LogP contribution in [0.4, 0.5) is 5.69 Å². The van der Waals surface area contributed by atoms with E-state index in [-0.39, 0.29) is 10.7 Å². The van der Waals surface area contributed by atoms with E-state index in [0.717, 1.165) is 11.1 Å². The van der Waals surface area contributed by atoms with E-state index >= 15 is 0 Å². The predicted octanol–water partition coefficient (Wildman–Crippen LogP) is 2.39. The first-order valence-corrected chi connectivity index (χ1v) is 7.82. The Bertz CT molecular complexity index is 781. The van der Waals surface area contributed by atoms with Crippen LogP contribution in [0.5, 0.6) is 0 Å². The molecule has 0 radical (unpaired) electrons. The number of nitrogens with two attached hydrogens (primary N) is 1. The number of amidine groups is 1. The Labute approximate surface area is 124 Å². The molecule has 0 saturated carbocycles. The standard InChI is InChI=1S/C15H17N3O2S/c1-10-3-7-13(8-4-10)21(19,20)18-14-9-12(15(16)17)6-5-11(14)2/h3-9,18H,1-2H3,(H3,16,17). The fraction of sp³-hybridized carbons (Fsp3) is 0.133. The van der Waals surface area contributed by atoms with Crippen molar-refractivity contribution < 1.29 is 8.42 Å². The Hall–Kier alpha value is -2.34.